The minimum Gasteiger partial charge on any atom is -0.351 e. The van der Waals surface area contributed by atoms with Crippen LogP contribution in [-0.2, 0) is 0 Å². The molecule has 0 radical (unpaired) electrons. The van der Waals surface area contributed by atoms with Gasteiger partial charge in [0.15, 0.2) is 0 Å². The number of hydrogen-bond acceptors (Lipinski definition) is 4. The van der Waals surface area contributed by atoms with Crippen LogP contribution in [-0.4, -0.2) is 27.9 Å². The lowest BCUT2D eigenvalue weighted by atomic mass is 10.1. The lowest BCUT2D eigenvalue weighted by Crippen LogP contribution is -2.31. The third-order valence-electron chi connectivity index (χ3n) is 3.13. The van der Waals surface area contributed by atoms with Crippen LogP contribution in [0.3, 0.4) is 0 Å². The highest BCUT2D eigenvalue weighted by atomic mass is 35.5. The van der Waals surface area contributed by atoms with Crippen LogP contribution in [0, 0.1) is 5.41 Å². The molecule has 1 N–H and O–H groups in total. The molecule has 4 nitrogen and oxygen atoms in total. The fourth-order valence-corrected chi connectivity index (χ4v) is 2.71. The number of carbonyl (C=O) groups excluding carboxylic acids is 1. The Bertz CT molecular complexity index is 415. The summed E-state index contributed by atoms with van der Waals surface area (Å²) in [7, 11) is 0. The predicted molar refractivity (Wildman–Crippen MR) is 68.7 cm³/mol. The summed E-state index contributed by atoms with van der Waals surface area (Å²) in [6, 6.07) is 0. The maximum absolute atomic E-state index is 12.0. The third-order valence-corrected chi connectivity index (χ3v) is 4.44. The fraction of sp³-hybridized carbons (Fsp3) is 0.727. The van der Waals surface area contributed by atoms with Crippen LogP contribution in [0.1, 0.15) is 48.0 Å². The van der Waals surface area contributed by atoms with E-state index in [2.05, 4.69) is 14.9 Å². The molecule has 0 atom stereocenters. The zero-order valence-corrected chi connectivity index (χ0v) is 11.6. The molecule has 1 aromatic heterocycles. The standard InChI is InChI=1S/C11H16ClN3OS/c1-7(2)8-9(17-15-14-8)10(16)13-6-11(5-12)3-4-11/h7H,3-6H2,1-2H3,(H,13,16). The zero-order chi connectivity index (χ0) is 12.5. The van der Waals surface area contributed by atoms with E-state index >= 15 is 0 Å². The minimum absolute atomic E-state index is 0.0694. The van der Waals surface area contributed by atoms with Gasteiger partial charge in [0.25, 0.3) is 5.91 Å². The van der Waals surface area contributed by atoms with Crippen molar-refractivity contribution in [1.82, 2.24) is 14.9 Å². The number of nitrogens with one attached hydrogen (secondary N) is 1. The van der Waals surface area contributed by atoms with Crippen molar-refractivity contribution in [2.75, 3.05) is 12.4 Å². The van der Waals surface area contributed by atoms with Crippen molar-refractivity contribution >= 4 is 29.0 Å². The lowest BCUT2D eigenvalue weighted by Gasteiger charge is -2.12. The van der Waals surface area contributed by atoms with Gasteiger partial charge in [0.2, 0.25) is 0 Å². The Hall–Kier alpha value is -0.680. The summed E-state index contributed by atoms with van der Waals surface area (Å²) >= 11 is 7.03. The van der Waals surface area contributed by atoms with Crippen molar-refractivity contribution in [3.05, 3.63) is 10.6 Å². The fourth-order valence-electron chi connectivity index (χ4n) is 1.62. The van der Waals surface area contributed by atoms with Crippen molar-refractivity contribution in [2.24, 2.45) is 5.41 Å². The quantitative estimate of drug-likeness (QED) is 0.838. The van der Waals surface area contributed by atoms with Gasteiger partial charge in [-0.1, -0.05) is 18.3 Å². The maximum Gasteiger partial charge on any atom is 0.264 e. The Kier molecular flexibility index (Phi) is 3.68. The van der Waals surface area contributed by atoms with E-state index in [1.165, 1.54) is 0 Å². The first-order valence-electron chi connectivity index (χ1n) is 5.74. The molecule has 0 aliphatic heterocycles. The second-order valence-electron chi connectivity index (χ2n) is 4.96. The first-order valence-corrected chi connectivity index (χ1v) is 7.05. The summed E-state index contributed by atoms with van der Waals surface area (Å²) in [6.07, 6.45) is 2.21. The van der Waals surface area contributed by atoms with Crippen LogP contribution >= 0.6 is 23.1 Å². The highest BCUT2D eigenvalue weighted by Gasteiger charge is 2.42. The summed E-state index contributed by atoms with van der Waals surface area (Å²) in [5.41, 5.74) is 0.927. The first-order chi connectivity index (χ1) is 8.08. The van der Waals surface area contributed by atoms with E-state index in [-0.39, 0.29) is 17.2 Å². The van der Waals surface area contributed by atoms with E-state index in [0.717, 1.165) is 30.1 Å². The number of carbonyl (C=O) groups is 1. The normalized spacial score (nSPS) is 17.2. The van der Waals surface area contributed by atoms with Crippen LogP contribution in [0.25, 0.3) is 0 Å². The van der Waals surface area contributed by atoms with Crippen LogP contribution in [0.2, 0.25) is 0 Å². The van der Waals surface area contributed by atoms with E-state index in [1.807, 2.05) is 13.8 Å². The number of hydrogen-bond donors (Lipinski definition) is 1. The highest BCUT2D eigenvalue weighted by Crippen LogP contribution is 2.45. The molecule has 0 saturated heterocycles. The molecule has 94 valence electrons. The van der Waals surface area contributed by atoms with Gasteiger partial charge in [-0.2, -0.15) is 0 Å². The van der Waals surface area contributed by atoms with Gasteiger partial charge in [-0.05, 0) is 30.3 Å². The summed E-state index contributed by atoms with van der Waals surface area (Å²) in [5, 5.41) is 6.94. The van der Waals surface area contributed by atoms with Gasteiger partial charge in [-0.25, -0.2) is 0 Å². The Morgan fingerprint density at radius 2 is 2.29 bits per heavy atom. The molecule has 2 rings (SSSR count). The third kappa shape index (κ3) is 2.77. The van der Waals surface area contributed by atoms with Gasteiger partial charge >= 0.3 is 0 Å². The van der Waals surface area contributed by atoms with E-state index < -0.39 is 0 Å². The topological polar surface area (TPSA) is 54.9 Å². The van der Waals surface area contributed by atoms with E-state index in [4.69, 9.17) is 11.6 Å². The van der Waals surface area contributed by atoms with Crippen LogP contribution in [0.15, 0.2) is 0 Å². The van der Waals surface area contributed by atoms with Crippen LogP contribution in [0.5, 0.6) is 0 Å². The Labute approximate surface area is 110 Å². The summed E-state index contributed by atoms with van der Waals surface area (Å²) < 4.78 is 3.85. The number of rotatable bonds is 5. The zero-order valence-electron chi connectivity index (χ0n) is 9.99. The van der Waals surface area contributed by atoms with Gasteiger partial charge in [0.05, 0.1) is 5.69 Å². The molecule has 17 heavy (non-hydrogen) atoms. The van der Waals surface area contributed by atoms with Crippen molar-refractivity contribution in [3.8, 4) is 0 Å². The molecule has 0 spiro atoms. The Balaban J connectivity index is 1.97. The highest BCUT2D eigenvalue weighted by molar-refractivity contribution is 7.08. The second-order valence-corrected chi connectivity index (χ2v) is 5.98. The summed E-state index contributed by atoms with van der Waals surface area (Å²) in [6.45, 7) is 4.67. The van der Waals surface area contributed by atoms with E-state index in [9.17, 15) is 4.79 Å². The summed E-state index contributed by atoms with van der Waals surface area (Å²) in [4.78, 5) is 12.6. The van der Waals surface area contributed by atoms with Crippen LogP contribution < -0.4 is 5.32 Å². The molecule has 1 saturated carbocycles. The smallest absolute Gasteiger partial charge is 0.264 e. The monoisotopic (exact) mass is 273 g/mol. The molecule has 1 aliphatic rings. The average Bonchev–Trinajstić information content (AvgIpc) is 2.91. The molecule has 1 fully saturated rings. The van der Waals surface area contributed by atoms with Crippen molar-refractivity contribution in [2.45, 2.75) is 32.6 Å². The predicted octanol–water partition coefficient (Wildman–Crippen LogP) is 2.41. The van der Waals surface area contributed by atoms with Gasteiger partial charge in [0, 0.05) is 17.8 Å². The number of alkyl halides is 1. The van der Waals surface area contributed by atoms with Gasteiger partial charge in [0.1, 0.15) is 4.88 Å². The van der Waals surface area contributed by atoms with Gasteiger partial charge in [-0.3, -0.25) is 4.79 Å². The Morgan fingerprint density at radius 1 is 1.59 bits per heavy atom. The van der Waals surface area contributed by atoms with Crippen molar-refractivity contribution in [3.63, 3.8) is 0 Å². The SMILES string of the molecule is CC(C)c1nnsc1C(=O)NCC1(CCl)CC1. The molecule has 1 amide bonds. The number of amides is 1. The second kappa shape index (κ2) is 4.90. The molecule has 0 aromatic carbocycles. The molecule has 0 bridgehead atoms. The summed E-state index contributed by atoms with van der Waals surface area (Å²) in [5.74, 6) is 0.767. The molecular formula is C11H16ClN3OS. The minimum atomic E-state index is -0.0694. The molecule has 0 unspecified atom stereocenters. The van der Waals surface area contributed by atoms with Crippen molar-refractivity contribution in [1.29, 1.82) is 0 Å². The number of nitrogens with zero attached hydrogens (tertiary/aromatic N) is 2. The maximum atomic E-state index is 12.0. The van der Waals surface area contributed by atoms with E-state index in [1.54, 1.807) is 0 Å². The van der Waals surface area contributed by atoms with Crippen LogP contribution in [0.4, 0.5) is 0 Å². The van der Waals surface area contributed by atoms with Gasteiger partial charge < -0.3 is 5.32 Å². The molecule has 1 aliphatic carbocycles. The number of halogens is 1. The van der Waals surface area contributed by atoms with E-state index in [0.29, 0.717) is 17.3 Å². The molecule has 1 heterocycles. The van der Waals surface area contributed by atoms with Gasteiger partial charge in [-0.15, -0.1) is 16.7 Å². The largest absolute Gasteiger partial charge is 0.351 e. The van der Waals surface area contributed by atoms with Crippen molar-refractivity contribution < 1.29 is 4.79 Å². The average molecular weight is 274 g/mol. The first kappa shape index (κ1) is 12.8. The molecule has 1 aromatic rings. The lowest BCUT2D eigenvalue weighted by molar-refractivity contribution is 0.0949. The molecule has 6 heteroatoms. The molecular weight excluding hydrogens is 258 g/mol. The Morgan fingerprint density at radius 3 is 2.82 bits per heavy atom. The number of aromatic nitrogens is 2.